The Morgan fingerprint density at radius 1 is 1.42 bits per heavy atom. The standard InChI is InChI=1S/C15H21NO3/c1-11-6-5-7-12(10-11)13(8-9-17)16-14(18)19-15(2,3)4/h5-7,9-10,13H,8H2,1-4H3,(H,16,18)/t13-/m1/s1. The monoisotopic (exact) mass is 263 g/mol. The Hall–Kier alpha value is -1.84. The summed E-state index contributed by atoms with van der Waals surface area (Å²) in [6, 6.07) is 7.35. The number of alkyl carbamates (subject to hydrolysis) is 1. The summed E-state index contributed by atoms with van der Waals surface area (Å²) < 4.78 is 5.20. The van der Waals surface area contributed by atoms with Gasteiger partial charge in [-0.3, -0.25) is 0 Å². The van der Waals surface area contributed by atoms with E-state index in [1.807, 2.05) is 31.2 Å². The fourth-order valence-electron chi connectivity index (χ4n) is 1.71. The predicted octanol–water partition coefficient (Wildman–Crippen LogP) is 3.15. The van der Waals surface area contributed by atoms with Crippen LogP contribution in [0.2, 0.25) is 0 Å². The predicted molar refractivity (Wildman–Crippen MR) is 74.0 cm³/mol. The highest BCUT2D eigenvalue weighted by molar-refractivity contribution is 5.69. The van der Waals surface area contributed by atoms with E-state index >= 15 is 0 Å². The number of carbonyl (C=O) groups is 2. The van der Waals surface area contributed by atoms with Crippen molar-refractivity contribution < 1.29 is 14.3 Å². The maximum Gasteiger partial charge on any atom is 0.408 e. The molecule has 0 spiro atoms. The number of aryl methyl sites for hydroxylation is 1. The number of hydrogen-bond acceptors (Lipinski definition) is 3. The van der Waals surface area contributed by atoms with E-state index in [1.165, 1.54) is 0 Å². The van der Waals surface area contributed by atoms with Crippen molar-refractivity contribution in [3.8, 4) is 0 Å². The highest BCUT2D eigenvalue weighted by atomic mass is 16.6. The van der Waals surface area contributed by atoms with Crippen LogP contribution in [0.25, 0.3) is 0 Å². The molecule has 0 saturated carbocycles. The molecule has 0 aliphatic heterocycles. The van der Waals surface area contributed by atoms with Crippen molar-refractivity contribution in [3.05, 3.63) is 35.4 Å². The SMILES string of the molecule is Cc1cccc([C@@H](CC=O)NC(=O)OC(C)(C)C)c1. The van der Waals surface area contributed by atoms with Crippen molar-refractivity contribution in [2.24, 2.45) is 0 Å². The molecule has 0 radical (unpaired) electrons. The summed E-state index contributed by atoms with van der Waals surface area (Å²) in [7, 11) is 0. The lowest BCUT2D eigenvalue weighted by Gasteiger charge is -2.23. The van der Waals surface area contributed by atoms with Gasteiger partial charge in [-0.2, -0.15) is 0 Å². The first-order valence-electron chi connectivity index (χ1n) is 6.31. The number of rotatable bonds is 4. The first kappa shape index (κ1) is 15.2. The summed E-state index contributed by atoms with van der Waals surface area (Å²) in [6.45, 7) is 7.37. The number of amides is 1. The Bertz CT molecular complexity index is 449. The highest BCUT2D eigenvalue weighted by Gasteiger charge is 2.20. The lowest BCUT2D eigenvalue weighted by molar-refractivity contribution is -0.108. The Morgan fingerprint density at radius 3 is 2.63 bits per heavy atom. The van der Waals surface area contributed by atoms with E-state index in [-0.39, 0.29) is 12.5 Å². The van der Waals surface area contributed by atoms with E-state index in [9.17, 15) is 9.59 Å². The molecular formula is C15H21NO3. The topological polar surface area (TPSA) is 55.4 Å². The van der Waals surface area contributed by atoms with Crippen LogP contribution >= 0.6 is 0 Å². The fourth-order valence-corrected chi connectivity index (χ4v) is 1.71. The zero-order valence-electron chi connectivity index (χ0n) is 11.9. The van der Waals surface area contributed by atoms with Crippen LogP contribution in [0.3, 0.4) is 0 Å². The van der Waals surface area contributed by atoms with Gasteiger partial charge in [0.1, 0.15) is 11.9 Å². The van der Waals surface area contributed by atoms with Gasteiger partial charge in [0.25, 0.3) is 0 Å². The summed E-state index contributed by atoms with van der Waals surface area (Å²) >= 11 is 0. The molecule has 1 rings (SSSR count). The molecule has 104 valence electrons. The minimum Gasteiger partial charge on any atom is -0.444 e. The van der Waals surface area contributed by atoms with Gasteiger partial charge >= 0.3 is 6.09 Å². The molecule has 1 N–H and O–H groups in total. The van der Waals surface area contributed by atoms with Gasteiger partial charge < -0.3 is 14.8 Å². The van der Waals surface area contributed by atoms with Gasteiger partial charge in [-0.1, -0.05) is 29.8 Å². The molecule has 0 heterocycles. The van der Waals surface area contributed by atoms with Gasteiger partial charge in [0.15, 0.2) is 0 Å². The fraction of sp³-hybridized carbons (Fsp3) is 0.467. The third-order valence-electron chi connectivity index (χ3n) is 2.47. The smallest absolute Gasteiger partial charge is 0.408 e. The molecule has 0 saturated heterocycles. The molecule has 1 atom stereocenters. The number of ether oxygens (including phenoxy) is 1. The van der Waals surface area contributed by atoms with Gasteiger partial charge in [-0.25, -0.2) is 4.79 Å². The maximum atomic E-state index is 11.8. The molecule has 0 aliphatic carbocycles. The normalized spacial score (nSPS) is 12.6. The van der Waals surface area contributed by atoms with Crippen LogP contribution in [0, 0.1) is 6.92 Å². The van der Waals surface area contributed by atoms with E-state index in [4.69, 9.17) is 4.74 Å². The van der Waals surface area contributed by atoms with Gasteiger partial charge in [0.2, 0.25) is 0 Å². The first-order chi connectivity index (χ1) is 8.81. The average molecular weight is 263 g/mol. The van der Waals surface area contributed by atoms with E-state index < -0.39 is 11.7 Å². The lowest BCUT2D eigenvalue weighted by Crippen LogP contribution is -2.35. The molecule has 0 aliphatic rings. The second kappa shape index (κ2) is 6.36. The van der Waals surface area contributed by atoms with Crippen molar-refractivity contribution in [3.63, 3.8) is 0 Å². The molecule has 0 unspecified atom stereocenters. The van der Waals surface area contributed by atoms with Crippen LogP contribution < -0.4 is 5.32 Å². The maximum absolute atomic E-state index is 11.8. The van der Waals surface area contributed by atoms with E-state index in [0.29, 0.717) is 0 Å². The minimum atomic E-state index is -0.553. The molecule has 19 heavy (non-hydrogen) atoms. The molecule has 4 heteroatoms. The molecule has 1 aromatic rings. The molecule has 0 fully saturated rings. The van der Waals surface area contributed by atoms with Crippen LogP contribution in [0.1, 0.15) is 44.4 Å². The van der Waals surface area contributed by atoms with Gasteiger partial charge in [0.05, 0.1) is 6.04 Å². The van der Waals surface area contributed by atoms with Gasteiger partial charge in [-0.05, 0) is 33.3 Å². The number of benzene rings is 1. The Balaban J connectivity index is 2.78. The first-order valence-corrected chi connectivity index (χ1v) is 6.31. The third-order valence-corrected chi connectivity index (χ3v) is 2.47. The second-order valence-corrected chi connectivity index (χ2v) is 5.52. The number of hydrogen-bond donors (Lipinski definition) is 1. The highest BCUT2D eigenvalue weighted by Crippen LogP contribution is 2.18. The average Bonchev–Trinajstić information content (AvgIpc) is 2.26. The molecular weight excluding hydrogens is 242 g/mol. The minimum absolute atomic E-state index is 0.225. The zero-order chi connectivity index (χ0) is 14.5. The summed E-state index contributed by atoms with van der Waals surface area (Å²) in [5, 5.41) is 2.73. The lowest BCUT2D eigenvalue weighted by atomic mass is 10.0. The van der Waals surface area contributed by atoms with E-state index in [2.05, 4.69) is 5.32 Å². The van der Waals surface area contributed by atoms with Crippen molar-refractivity contribution in [1.29, 1.82) is 0 Å². The molecule has 4 nitrogen and oxygen atoms in total. The van der Waals surface area contributed by atoms with Crippen LogP contribution in [-0.4, -0.2) is 18.0 Å². The van der Waals surface area contributed by atoms with Gasteiger partial charge in [0, 0.05) is 6.42 Å². The van der Waals surface area contributed by atoms with Crippen molar-refractivity contribution >= 4 is 12.4 Å². The van der Waals surface area contributed by atoms with Crippen LogP contribution in [0.5, 0.6) is 0 Å². The van der Waals surface area contributed by atoms with E-state index in [1.54, 1.807) is 20.8 Å². The Kier molecular flexibility index (Phi) is 5.10. The van der Waals surface area contributed by atoms with Crippen molar-refractivity contribution in [2.45, 2.75) is 45.8 Å². The van der Waals surface area contributed by atoms with Crippen molar-refractivity contribution in [1.82, 2.24) is 5.32 Å². The van der Waals surface area contributed by atoms with Crippen LogP contribution in [0.15, 0.2) is 24.3 Å². The number of nitrogens with one attached hydrogen (secondary N) is 1. The summed E-state index contributed by atoms with van der Waals surface area (Å²) in [5.41, 5.74) is 1.43. The molecule has 1 aromatic carbocycles. The van der Waals surface area contributed by atoms with Gasteiger partial charge in [-0.15, -0.1) is 0 Å². The Labute approximate surface area is 114 Å². The summed E-state index contributed by atoms with van der Waals surface area (Å²) in [6.07, 6.45) is 0.508. The summed E-state index contributed by atoms with van der Waals surface area (Å²) in [4.78, 5) is 22.5. The van der Waals surface area contributed by atoms with E-state index in [0.717, 1.165) is 17.4 Å². The molecule has 0 bridgehead atoms. The second-order valence-electron chi connectivity index (χ2n) is 5.52. The molecule has 1 amide bonds. The largest absolute Gasteiger partial charge is 0.444 e. The Morgan fingerprint density at radius 2 is 2.11 bits per heavy atom. The molecule has 0 aromatic heterocycles. The van der Waals surface area contributed by atoms with Crippen LogP contribution in [-0.2, 0) is 9.53 Å². The summed E-state index contributed by atoms with van der Waals surface area (Å²) in [5.74, 6) is 0. The zero-order valence-corrected chi connectivity index (χ0v) is 11.9. The number of carbonyl (C=O) groups excluding carboxylic acids is 2. The number of aldehydes is 1. The quantitative estimate of drug-likeness (QED) is 0.849. The third kappa shape index (κ3) is 5.55. The van der Waals surface area contributed by atoms with Crippen LogP contribution in [0.4, 0.5) is 4.79 Å². The van der Waals surface area contributed by atoms with Crippen molar-refractivity contribution in [2.75, 3.05) is 0 Å².